The van der Waals surface area contributed by atoms with Crippen LogP contribution in [0.15, 0.2) is 59.5 Å². The fourth-order valence-electron chi connectivity index (χ4n) is 4.15. The number of thiocarbonyl (C=S) groups is 1. The monoisotopic (exact) mass is 622 g/mol. The van der Waals surface area contributed by atoms with Crippen molar-refractivity contribution in [2.24, 2.45) is 0 Å². The highest BCUT2D eigenvalue weighted by Gasteiger charge is 2.37. The van der Waals surface area contributed by atoms with Gasteiger partial charge in [0.15, 0.2) is 0 Å². The maximum atomic E-state index is 13.3. The number of amides is 1. The first kappa shape index (κ1) is 29.3. The van der Waals surface area contributed by atoms with Crippen molar-refractivity contribution in [1.29, 1.82) is 0 Å². The van der Waals surface area contributed by atoms with Gasteiger partial charge in [0.2, 0.25) is 0 Å². The first-order chi connectivity index (χ1) is 19.7. The molecule has 1 aliphatic heterocycles. The van der Waals surface area contributed by atoms with Gasteiger partial charge in [-0.3, -0.25) is 9.69 Å². The van der Waals surface area contributed by atoms with Gasteiger partial charge in [0.05, 0.1) is 44.0 Å². The maximum Gasteiger partial charge on any atom is 0.416 e. The highest BCUT2D eigenvalue weighted by Crippen LogP contribution is 2.39. The van der Waals surface area contributed by atoms with Crippen LogP contribution in [0.3, 0.4) is 0 Å². The molecule has 42 heavy (non-hydrogen) atoms. The molecule has 1 fully saturated rings. The molecule has 216 valence electrons. The van der Waals surface area contributed by atoms with Crippen LogP contribution in [0.2, 0.25) is 0 Å². The number of rotatable bonds is 6. The first-order valence-corrected chi connectivity index (χ1v) is 13.2. The van der Waals surface area contributed by atoms with Gasteiger partial charge >= 0.3 is 18.3 Å². The number of carbonyl (C=O) groups is 2. The molecule has 1 saturated heterocycles. The number of carboxylic acid groups (broad SMARTS) is 1. The summed E-state index contributed by atoms with van der Waals surface area (Å²) in [7, 11) is 0. The van der Waals surface area contributed by atoms with E-state index in [4.69, 9.17) is 17.3 Å². The average Bonchev–Trinajstić information content (AvgIpc) is 3.45. The number of aromatic carboxylic acids is 1. The van der Waals surface area contributed by atoms with Crippen molar-refractivity contribution in [2.75, 3.05) is 6.54 Å². The molecule has 0 saturated carbocycles. The van der Waals surface area contributed by atoms with E-state index < -0.39 is 35.4 Å². The molecule has 4 aromatic rings. The van der Waals surface area contributed by atoms with Crippen LogP contribution in [0.4, 0.5) is 26.3 Å². The Morgan fingerprint density at radius 3 is 2.33 bits per heavy atom. The summed E-state index contributed by atoms with van der Waals surface area (Å²) in [5, 5.41) is 9.15. The summed E-state index contributed by atoms with van der Waals surface area (Å²) in [6.07, 6.45) is -8.39. The smallest absolute Gasteiger partial charge is 0.416 e. The molecular formula is C27H16F6N4O3S2. The minimum atomic E-state index is -5.01. The Balaban J connectivity index is 1.36. The number of carboxylic acids is 1. The Bertz CT molecular complexity index is 1750. The normalized spacial score (nSPS) is 15.3. The molecule has 2 N–H and O–H groups in total. The molecule has 1 amide bonds. The van der Waals surface area contributed by atoms with E-state index >= 15 is 0 Å². The number of hydrogen-bond acceptors (Lipinski definition) is 6. The lowest BCUT2D eigenvalue weighted by Crippen LogP contribution is -2.30. The summed E-state index contributed by atoms with van der Waals surface area (Å²) in [6.45, 7) is 0.144. The van der Waals surface area contributed by atoms with E-state index in [1.165, 1.54) is 41.3 Å². The van der Waals surface area contributed by atoms with Crippen molar-refractivity contribution in [3.63, 3.8) is 0 Å². The quantitative estimate of drug-likeness (QED) is 0.139. The largest absolute Gasteiger partial charge is 0.478 e. The number of nitrogens with zero attached hydrogens (tertiary/aromatic N) is 3. The van der Waals surface area contributed by atoms with Crippen LogP contribution in [0.1, 0.15) is 33.0 Å². The number of alkyl halides is 6. The third-order valence-electron chi connectivity index (χ3n) is 6.16. The second-order valence-corrected chi connectivity index (χ2v) is 10.7. The van der Waals surface area contributed by atoms with E-state index in [1.54, 1.807) is 6.07 Å². The Morgan fingerprint density at radius 2 is 1.69 bits per heavy atom. The molecule has 7 nitrogen and oxygen atoms in total. The Labute approximate surface area is 242 Å². The summed E-state index contributed by atoms with van der Waals surface area (Å²) in [5.41, 5.74) is -2.18. The first-order valence-electron chi connectivity index (χ1n) is 11.9. The number of H-pyrrole nitrogens is 1. The lowest BCUT2D eigenvalue weighted by Gasteiger charge is -2.14. The van der Waals surface area contributed by atoms with Crippen LogP contribution in [0, 0.1) is 0 Å². The number of imidazole rings is 1. The summed E-state index contributed by atoms with van der Waals surface area (Å²) < 4.78 is 80.1. The van der Waals surface area contributed by atoms with Gasteiger partial charge in [-0.25, -0.2) is 14.8 Å². The van der Waals surface area contributed by atoms with E-state index in [0.29, 0.717) is 29.0 Å². The number of hydrogen-bond donors (Lipinski definition) is 2. The predicted molar refractivity (Wildman–Crippen MR) is 146 cm³/mol. The van der Waals surface area contributed by atoms with Crippen LogP contribution >= 0.6 is 24.0 Å². The topological polar surface area (TPSA) is 99.2 Å². The van der Waals surface area contributed by atoms with E-state index in [1.807, 2.05) is 0 Å². The Hall–Kier alpha value is -4.24. The zero-order valence-corrected chi connectivity index (χ0v) is 22.5. The third-order valence-corrected chi connectivity index (χ3v) is 7.53. The van der Waals surface area contributed by atoms with E-state index in [0.717, 1.165) is 11.8 Å². The number of aromatic nitrogens is 3. The molecule has 0 spiro atoms. The number of aromatic amines is 1. The van der Waals surface area contributed by atoms with Gasteiger partial charge in [0, 0.05) is 18.5 Å². The van der Waals surface area contributed by atoms with Crippen molar-refractivity contribution in [3.05, 3.63) is 87.7 Å². The number of benzene rings is 2. The molecule has 1 aliphatic rings. The zero-order valence-electron chi connectivity index (χ0n) is 20.9. The average molecular weight is 623 g/mol. The van der Waals surface area contributed by atoms with Gasteiger partial charge in [0.1, 0.15) is 10.1 Å². The van der Waals surface area contributed by atoms with Crippen LogP contribution < -0.4 is 0 Å². The highest BCUT2D eigenvalue weighted by atomic mass is 32.2. The number of fused-ring (bicyclic) bond motifs is 1. The summed E-state index contributed by atoms with van der Waals surface area (Å²) in [6, 6.07) is 9.76. The number of carbonyl (C=O) groups excluding carboxylic acids is 1. The fraction of sp³-hybridized carbons (Fsp3) is 0.148. The van der Waals surface area contributed by atoms with Crippen molar-refractivity contribution in [1.82, 2.24) is 19.9 Å². The predicted octanol–water partition coefficient (Wildman–Crippen LogP) is 6.80. The van der Waals surface area contributed by atoms with Gasteiger partial charge in [-0.2, -0.15) is 26.3 Å². The zero-order chi connectivity index (χ0) is 30.4. The van der Waals surface area contributed by atoms with E-state index in [9.17, 15) is 35.9 Å². The Morgan fingerprint density at radius 1 is 1.00 bits per heavy atom. The SMILES string of the molecule is O=C(O)c1ccc2nc(CCN3C(=O)/C(=C/c4cccc(-c5cc(C(F)(F)F)cc(C(F)(F)F)c5)n4)SC3=S)[nH]c2c1. The fourth-order valence-corrected chi connectivity index (χ4v) is 5.45. The van der Waals surface area contributed by atoms with Crippen LogP contribution in [0.5, 0.6) is 0 Å². The van der Waals surface area contributed by atoms with Crippen LogP contribution in [-0.4, -0.2) is 47.7 Å². The molecule has 0 unspecified atom stereocenters. The van der Waals surface area contributed by atoms with E-state index in [2.05, 4.69) is 15.0 Å². The lowest BCUT2D eigenvalue weighted by molar-refractivity contribution is -0.143. The third kappa shape index (κ3) is 6.16. The molecule has 0 atom stereocenters. The molecule has 15 heteroatoms. The van der Waals surface area contributed by atoms with Crippen LogP contribution in [0.25, 0.3) is 28.4 Å². The molecule has 5 rings (SSSR count). The van der Waals surface area contributed by atoms with Gasteiger partial charge in [-0.05, 0) is 54.6 Å². The standard InChI is InChI=1S/C27H16F6N4O3S2/c28-26(29,30)15-8-14(9-16(11-15)27(31,32)33)18-3-1-2-17(34-18)12-21-23(38)37(25(41)42-21)7-6-22-35-19-5-4-13(24(39)40)10-20(19)36-22/h1-5,8-12H,6-7H2,(H,35,36)(H,39,40)/b21-12-. The lowest BCUT2D eigenvalue weighted by atomic mass is 10.0. The van der Waals surface area contributed by atoms with Crippen molar-refractivity contribution < 1.29 is 41.0 Å². The Kier molecular flexibility index (Phi) is 7.57. The van der Waals surface area contributed by atoms with Crippen molar-refractivity contribution >= 4 is 57.3 Å². The number of halogens is 6. The van der Waals surface area contributed by atoms with Crippen molar-refractivity contribution in [2.45, 2.75) is 18.8 Å². The number of nitrogens with one attached hydrogen (secondary N) is 1. The van der Waals surface area contributed by atoms with Crippen LogP contribution in [-0.2, 0) is 23.6 Å². The minimum Gasteiger partial charge on any atom is -0.478 e. The molecule has 0 aliphatic carbocycles. The van der Waals surface area contributed by atoms with Gasteiger partial charge in [0.25, 0.3) is 5.91 Å². The molecule has 2 aromatic carbocycles. The highest BCUT2D eigenvalue weighted by molar-refractivity contribution is 8.26. The van der Waals surface area contributed by atoms with Gasteiger partial charge in [-0.15, -0.1) is 0 Å². The molecular weight excluding hydrogens is 606 g/mol. The number of pyridine rings is 1. The van der Waals surface area contributed by atoms with Gasteiger partial charge < -0.3 is 10.1 Å². The molecule has 0 radical (unpaired) electrons. The summed E-state index contributed by atoms with van der Waals surface area (Å²) in [5.74, 6) is -1.04. The minimum absolute atomic E-state index is 0.0390. The molecule has 2 aromatic heterocycles. The molecule has 3 heterocycles. The van der Waals surface area contributed by atoms with E-state index in [-0.39, 0.29) is 50.8 Å². The summed E-state index contributed by atoms with van der Waals surface area (Å²) in [4.78, 5) is 37.3. The molecule has 0 bridgehead atoms. The number of thioether (sulfide) groups is 1. The maximum absolute atomic E-state index is 13.3. The second kappa shape index (κ2) is 10.9. The second-order valence-electron chi connectivity index (χ2n) is 9.05. The van der Waals surface area contributed by atoms with Crippen molar-refractivity contribution in [3.8, 4) is 11.3 Å². The summed E-state index contributed by atoms with van der Waals surface area (Å²) >= 11 is 6.31. The van der Waals surface area contributed by atoms with Gasteiger partial charge in [-0.1, -0.05) is 30.0 Å².